The van der Waals surface area contributed by atoms with Crippen LogP contribution in [0, 0.1) is 0 Å². The van der Waals surface area contributed by atoms with Crippen LogP contribution in [0.5, 0.6) is 0 Å². The van der Waals surface area contributed by atoms with E-state index in [9.17, 15) is 24.5 Å². The molecule has 0 radical (unpaired) electrons. The van der Waals surface area contributed by atoms with E-state index in [0.29, 0.717) is 23.9 Å². The minimum atomic E-state index is -4.43. The summed E-state index contributed by atoms with van der Waals surface area (Å²) in [5.41, 5.74) is 0. The van der Waals surface area contributed by atoms with Gasteiger partial charge in [0.2, 0.25) is 5.91 Å². The number of carbonyl (C=O) groups excluding carboxylic acids is 1. The number of nitrogens with zero attached hydrogens (tertiary/aromatic N) is 1. The summed E-state index contributed by atoms with van der Waals surface area (Å²) in [5.74, 6) is -0.266. The first-order valence-electron chi connectivity index (χ1n) is 28.7. The molecule has 0 aromatic heterocycles. The fraction of sp³-hybridized carbons (Fsp3) is 0.814. The Morgan fingerprint density at radius 1 is 0.522 bits per heavy atom. The lowest BCUT2D eigenvalue weighted by molar-refractivity contribution is -0.870. The molecule has 4 unspecified atom stereocenters. The molecule has 0 saturated heterocycles. The van der Waals surface area contributed by atoms with Crippen molar-refractivity contribution in [2.45, 2.75) is 270 Å². The Morgan fingerprint density at radius 2 is 0.899 bits per heavy atom. The predicted molar refractivity (Wildman–Crippen MR) is 296 cm³/mol. The van der Waals surface area contributed by atoms with Gasteiger partial charge in [-0.3, -0.25) is 13.8 Å². The molecule has 0 aromatic carbocycles. The molecule has 0 spiro atoms. The monoisotopic (exact) mass is 992 g/mol. The van der Waals surface area contributed by atoms with Gasteiger partial charge in [0.1, 0.15) is 19.3 Å². The molecular weight excluding hydrogens is 880 g/mol. The lowest BCUT2D eigenvalue weighted by Gasteiger charge is -2.28. The molecule has 0 fully saturated rings. The summed E-state index contributed by atoms with van der Waals surface area (Å²) in [5, 5.41) is 24.8. The summed E-state index contributed by atoms with van der Waals surface area (Å²) in [6.07, 6.45) is 63.2. The SMILES string of the molecule is CC/C=C\C/C=C\C/C=C\C/C=C\CCCCCCCCCCCCCCCCCCCCCCC(=O)NC(COP(=O)(O)OCC[N+](C)(C)C)C(O)C(O)CCC/C=C/CCCCCCCCC. The number of phosphoric acid groups is 1. The molecule has 0 aliphatic carbocycles. The van der Waals surface area contributed by atoms with Crippen LogP contribution in [0.4, 0.5) is 0 Å². The van der Waals surface area contributed by atoms with Crippen LogP contribution in [-0.2, 0) is 18.4 Å². The Labute approximate surface area is 426 Å². The summed E-state index contributed by atoms with van der Waals surface area (Å²) in [6.45, 7) is 4.48. The van der Waals surface area contributed by atoms with E-state index in [1.54, 1.807) is 0 Å². The van der Waals surface area contributed by atoms with E-state index >= 15 is 0 Å². The highest BCUT2D eigenvalue weighted by Gasteiger charge is 2.31. The van der Waals surface area contributed by atoms with E-state index in [1.807, 2.05) is 21.1 Å². The fourth-order valence-corrected chi connectivity index (χ4v) is 9.05. The first-order chi connectivity index (χ1) is 33.4. The van der Waals surface area contributed by atoms with Gasteiger partial charge in [-0.15, -0.1) is 0 Å². The van der Waals surface area contributed by atoms with Crippen LogP contribution in [0.3, 0.4) is 0 Å². The molecule has 10 heteroatoms. The van der Waals surface area contributed by atoms with Gasteiger partial charge < -0.3 is 24.9 Å². The standard InChI is InChI=1S/C59H111N2O7P/c1-6-8-10-12-14-16-18-20-21-22-23-24-25-26-27-28-29-30-31-32-33-34-35-36-37-38-39-40-42-44-46-48-50-52-58(63)60-56(55-68-69(65,66)67-54-53-61(3,4)5)59(64)57(62)51-49-47-45-43-41-19-17-15-13-11-9-7-2/h8,10,14,16,20-21,23-24,43,45,56-57,59,62,64H,6-7,9,11-13,15,17-19,22,25-42,44,46-55H2,1-5H3,(H-,60,63,65,66)/p+1/b10-8-,16-14-,21-20-,24-23-,45-43+. The third-order valence-electron chi connectivity index (χ3n) is 12.8. The maximum atomic E-state index is 13.0. The van der Waals surface area contributed by atoms with Gasteiger partial charge in [0, 0.05) is 6.42 Å². The van der Waals surface area contributed by atoms with E-state index in [0.717, 1.165) is 57.8 Å². The Balaban J connectivity index is 4.08. The highest BCUT2D eigenvalue weighted by atomic mass is 31.2. The Morgan fingerprint density at radius 3 is 1.33 bits per heavy atom. The maximum Gasteiger partial charge on any atom is 0.472 e. The second-order valence-corrected chi connectivity index (χ2v) is 22.2. The third-order valence-corrected chi connectivity index (χ3v) is 13.8. The highest BCUT2D eigenvalue weighted by molar-refractivity contribution is 7.47. The van der Waals surface area contributed by atoms with E-state index in [-0.39, 0.29) is 18.9 Å². The number of unbranched alkanes of at least 4 members (excludes halogenated alkanes) is 28. The van der Waals surface area contributed by atoms with Gasteiger partial charge in [0.15, 0.2) is 0 Å². The molecule has 0 saturated carbocycles. The third kappa shape index (κ3) is 50.9. The number of amides is 1. The molecular formula is C59H112N2O7P+. The van der Waals surface area contributed by atoms with Gasteiger partial charge >= 0.3 is 7.82 Å². The number of carbonyl (C=O) groups is 1. The van der Waals surface area contributed by atoms with Crippen LogP contribution in [0.2, 0.25) is 0 Å². The maximum absolute atomic E-state index is 13.0. The van der Waals surface area contributed by atoms with Crippen molar-refractivity contribution in [2.75, 3.05) is 40.9 Å². The Bertz CT molecular complexity index is 1330. The quantitative estimate of drug-likeness (QED) is 0.0207. The number of aliphatic hydroxyl groups is 2. The van der Waals surface area contributed by atoms with Crippen molar-refractivity contribution in [3.05, 3.63) is 60.8 Å². The van der Waals surface area contributed by atoms with Gasteiger partial charge in [0.25, 0.3) is 0 Å². The van der Waals surface area contributed by atoms with Crippen LogP contribution < -0.4 is 5.32 Å². The molecule has 0 bridgehead atoms. The van der Waals surface area contributed by atoms with Crippen LogP contribution in [-0.4, -0.2) is 84.6 Å². The molecule has 0 aliphatic heterocycles. The zero-order valence-corrected chi connectivity index (χ0v) is 46.6. The number of hydrogen-bond donors (Lipinski definition) is 4. The molecule has 69 heavy (non-hydrogen) atoms. The zero-order chi connectivity index (χ0) is 50.8. The number of rotatable bonds is 52. The van der Waals surface area contributed by atoms with Gasteiger partial charge in [-0.25, -0.2) is 4.57 Å². The van der Waals surface area contributed by atoms with E-state index in [1.165, 1.54) is 161 Å². The average Bonchev–Trinajstić information content (AvgIpc) is 3.31. The minimum absolute atomic E-state index is 0.0164. The predicted octanol–water partition coefficient (Wildman–Crippen LogP) is 16.3. The Kier molecular flexibility index (Phi) is 48.4. The number of quaternary nitrogens is 1. The molecule has 0 aliphatic rings. The smallest absolute Gasteiger partial charge is 0.390 e. The van der Waals surface area contributed by atoms with Crippen molar-refractivity contribution in [1.82, 2.24) is 5.32 Å². The summed E-state index contributed by atoms with van der Waals surface area (Å²) in [4.78, 5) is 23.3. The molecule has 4 atom stereocenters. The summed E-state index contributed by atoms with van der Waals surface area (Å²) in [7, 11) is 1.42. The fourth-order valence-electron chi connectivity index (χ4n) is 8.31. The van der Waals surface area contributed by atoms with Gasteiger partial charge in [0.05, 0.1) is 39.9 Å². The second kappa shape index (κ2) is 49.7. The number of aliphatic hydroxyl groups excluding tert-OH is 2. The van der Waals surface area contributed by atoms with Crippen LogP contribution >= 0.6 is 7.82 Å². The van der Waals surface area contributed by atoms with Gasteiger partial charge in [-0.05, 0) is 77.0 Å². The van der Waals surface area contributed by atoms with Crippen molar-refractivity contribution in [3.63, 3.8) is 0 Å². The van der Waals surface area contributed by atoms with Crippen LogP contribution in [0.1, 0.15) is 251 Å². The first-order valence-corrected chi connectivity index (χ1v) is 30.2. The van der Waals surface area contributed by atoms with Crippen LogP contribution in [0.25, 0.3) is 0 Å². The first kappa shape index (κ1) is 67.2. The number of hydrogen-bond acceptors (Lipinski definition) is 6. The van der Waals surface area contributed by atoms with Gasteiger partial charge in [-0.2, -0.15) is 0 Å². The van der Waals surface area contributed by atoms with Crippen molar-refractivity contribution in [3.8, 4) is 0 Å². The van der Waals surface area contributed by atoms with Crippen LogP contribution in [0.15, 0.2) is 60.8 Å². The largest absolute Gasteiger partial charge is 0.472 e. The summed E-state index contributed by atoms with van der Waals surface area (Å²) in [6, 6.07) is -1.05. The lowest BCUT2D eigenvalue weighted by Crippen LogP contribution is -2.51. The molecule has 0 aromatic rings. The summed E-state index contributed by atoms with van der Waals surface area (Å²) < 4.78 is 23.6. The normalized spacial score (nSPS) is 14.8. The molecule has 0 heterocycles. The summed E-state index contributed by atoms with van der Waals surface area (Å²) >= 11 is 0. The highest BCUT2D eigenvalue weighted by Crippen LogP contribution is 2.43. The number of likely N-dealkylation sites (N-methyl/N-ethyl adjacent to an activating group) is 1. The van der Waals surface area contributed by atoms with E-state index in [4.69, 9.17) is 9.05 Å². The molecule has 1 amide bonds. The topological polar surface area (TPSA) is 125 Å². The number of allylic oxidation sites excluding steroid dienone is 10. The minimum Gasteiger partial charge on any atom is -0.390 e. The van der Waals surface area contributed by atoms with Crippen molar-refractivity contribution >= 4 is 13.7 Å². The van der Waals surface area contributed by atoms with Gasteiger partial charge in [-0.1, -0.05) is 229 Å². The molecule has 0 rings (SSSR count). The zero-order valence-electron chi connectivity index (χ0n) is 45.7. The van der Waals surface area contributed by atoms with Crippen molar-refractivity contribution < 1.29 is 38.0 Å². The molecule has 9 nitrogen and oxygen atoms in total. The van der Waals surface area contributed by atoms with Crippen molar-refractivity contribution in [2.24, 2.45) is 0 Å². The molecule has 404 valence electrons. The average molecular weight is 993 g/mol. The van der Waals surface area contributed by atoms with E-state index < -0.39 is 32.7 Å². The van der Waals surface area contributed by atoms with Crippen molar-refractivity contribution in [1.29, 1.82) is 0 Å². The Hall–Kier alpha value is -1.84. The second-order valence-electron chi connectivity index (χ2n) is 20.8. The lowest BCUT2D eigenvalue weighted by atomic mass is 10.0. The number of phosphoric ester groups is 1. The molecule has 4 N–H and O–H groups in total. The van der Waals surface area contributed by atoms with E-state index in [2.05, 4.69) is 79.9 Å². The number of nitrogens with one attached hydrogen (secondary N) is 1.